The Morgan fingerprint density at radius 1 is 0.364 bits per heavy atom. The summed E-state index contributed by atoms with van der Waals surface area (Å²) in [5.74, 6) is 0.980. The third kappa shape index (κ3) is 37.1. The van der Waals surface area contributed by atoms with E-state index in [-0.39, 0.29) is 0 Å². The lowest BCUT2D eigenvalue weighted by Crippen LogP contribution is -2.13. The van der Waals surface area contributed by atoms with E-state index in [0.29, 0.717) is 0 Å². The number of hydrogen-bond donors (Lipinski definition) is 0. The fourth-order valence-corrected chi connectivity index (χ4v) is 6.14. The number of allylic oxidation sites excluding steroid dienone is 8. The summed E-state index contributed by atoms with van der Waals surface area (Å²) in [4.78, 5) is 2.35. The molecule has 0 saturated heterocycles. The van der Waals surface area contributed by atoms with Crippen LogP contribution < -0.4 is 0 Å². The molecular weight excluding hydrogens is 530 g/mol. The molecule has 0 unspecified atom stereocenters. The Morgan fingerprint density at radius 2 is 0.682 bits per heavy atom. The first kappa shape index (κ1) is 42.9. The maximum atomic E-state index is 2.41. The Bertz CT molecular complexity index is 591. The highest BCUT2D eigenvalue weighted by molar-refractivity contribution is 4.93. The molecule has 1 heteroatoms. The van der Waals surface area contributed by atoms with Crippen molar-refractivity contribution in [3.05, 3.63) is 48.6 Å². The van der Waals surface area contributed by atoms with Crippen LogP contribution in [0.15, 0.2) is 48.6 Å². The first-order valence-corrected chi connectivity index (χ1v) is 19.9. The van der Waals surface area contributed by atoms with Gasteiger partial charge in [-0.25, -0.2) is 0 Å². The zero-order chi connectivity index (χ0) is 32.0. The van der Waals surface area contributed by atoms with Gasteiger partial charge in [-0.2, -0.15) is 0 Å². The van der Waals surface area contributed by atoms with Gasteiger partial charge in [0.2, 0.25) is 0 Å². The average molecular weight is 612 g/mol. The van der Waals surface area contributed by atoms with Crippen molar-refractivity contribution in [2.75, 3.05) is 20.6 Å². The largest absolute Gasteiger partial charge is 0.309 e. The van der Waals surface area contributed by atoms with E-state index in [9.17, 15) is 0 Å². The van der Waals surface area contributed by atoms with Crippen LogP contribution in [0.5, 0.6) is 0 Å². The fraction of sp³-hybridized carbons (Fsp3) is 0.814. The molecule has 0 bridgehead atoms. The summed E-state index contributed by atoms with van der Waals surface area (Å²) in [6.45, 7) is 5.80. The van der Waals surface area contributed by atoms with E-state index in [1.165, 1.54) is 180 Å². The van der Waals surface area contributed by atoms with Gasteiger partial charge in [0.15, 0.2) is 0 Å². The van der Waals surface area contributed by atoms with Gasteiger partial charge >= 0.3 is 0 Å². The zero-order valence-corrected chi connectivity index (χ0v) is 30.9. The molecule has 0 atom stereocenters. The Labute approximate surface area is 279 Å². The highest BCUT2D eigenvalue weighted by Crippen LogP contribution is 2.24. The molecule has 0 aromatic heterocycles. The second kappa shape index (κ2) is 38.1. The molecule has 0 aliphatic rings. The molecule has 44 heavy (non-hydrogen) atoms. The minimum absolute atomic E-state index is 0.980. The van der Waals surface area contributed by atoms with Crippen molar-refractivity contribution in [3.8, 4) is 0 Å². The number of unbranched alkanes of at least 4 members (excludes halogenated alkanes) is 19. The minimum atomic E-state index is 0.980. The molecule has 258 valence electrons. The molecule has 0 heterocycles. The quantitative estimate of drug-likeness (QED) is 0.0509. The molecule has 0 fully saturated rings. The van der Waals surface area contributed by atoms with Crippen molar-refractivity contribution in [2.45, 2.75) is 200 Å². The normalized spacial score (nSPS) is 12.6. The van der Waals surface area contributed by atoms with Crippen LogP contribution in [-0.4, -0.2) is 25.5 Å². The van der Waals surface area contributed by atoms with Crippen LogP contribution in [0.4, 0.5) is 0 Å². The number of hydrogen-bond acceptors (Lipinski definition) is 1. The van der Waals surface area contributed by atoms with E-state index in [1.54, 1.807) is 0 Å². The summed E-state index contributed by atoms with van der Waals surface area (Å²) in [7, 11) is 4.43. The Morgan fingerprint density at radius 3 is 1.05 bits per heavy atom. The predicted octanol–water partition coefficient (Wildman–Crippen LogP) is 14.7. The van der Waals surface area contributed by atoms with Gasteiger partial charge in [-0.1, -0.05) is 178 Å². The molecule has 0 spiro atoms. The van der Waals surface area contributed by atoms with Gasteiger partial charge in [0, 0.05) is 0 Å². The van der Waals surface area contributed by atoms with Gasteiger partial charge in [0.1, 0.15) is 0 Å². The van der Waals surface area contributed by atoms with Gasteiger partial charge in [-0.3, -0.25) is 0 Å². The van der Waals surface area contributed by atoms with Crippen LogP contribution in [-0.2, 0) is 0 Å². The summed E-state index contributed by atoms with van der Waals surface area (Å²) in [6, 6.07) is 0. The fourth-order valence-electron chi connectivity index (χ4n) is 6.14. The van der Waals surface area contributed by atoms with E-state index >= 15 is 0 Å². The third-order valence-electron chi connectivity index (χ3n) is 9.09. The predicted molar refractivity (Wildman–Crippen MR) is 204 cm³/mol. The lowest BCUT2D eigenvalue weighted by Gasteiger charge is -2.18. The van der Waals surface area contributed by atoms with E-state index in [0.717, 1.165) is 18.8 Å². The van der Waals surface area contributed by atoms with Gasteiger partial charge in [0.05, 0.1) is 0 Å². The monoisotopic (exact) mass is 612 g/mol. The second-order valence-electron chi connectivity index (χ2n) is 13.9. The lowest BCUT2D eigenvalue weighted by atomic mass is 9.90. The van der Waals surface area contributed by atoms with Gasteiger partial charge in [0.25, 0.3) is 0 Å². The van der Waals surface area contributed by atoms with Crippen molar-refractivity contribution in [3.63, 3.8) is 0 Å². The average Bonchev–Trinajstić information content (AvgIpc) is 3.02. The zero-order valence-electron chi connectivity index (χ0n) is 30.9. The second-order valence-corrected chi connectivity index (χ2v) is 13.9. The molecule has 0 N–H and O–H groups in total. The number of rotatable bonds is 35. The van der Waals surface area contributed by atoms with E-state index in [2.05, 4.69) is 81.5 Å². The molecule has 0 amide bonds. The Hall–Kier alpha value is -1.08. The van der Waals surface area contributed by atoms with E-state index in [1.807, 2.05) is 0 Å². The molecule has 0 radical (unpaired) electrons. The highest BCUT2D eigenvalue weighted by Gasteiger charge is 2.09. The summed E-state index contributed by atoms with van der Waals surface area (Å²) in [5, 5.41) is 0. The van der Waals surface area contributed by atoms with Gasteiger partial charge in [-0.05, 0) is 97.2 Å². The van der Waals surface area contributed by atoms with Crippen LogP contribution in [0, 0.1) is 5.92 Å². The van der Waals surface area contributed by atoms with Crippen molar-refractivity contribution in [1.29, 1.82) is 0 Å². The van der Waals surface area contributed by atoms with Crippen LogP contribution in [0.3, 0.4) is 0 Å². The summed E-state index contributed by atoms with van der Waals surface area (Å²) >= 11 is 0. The molecule has 0 aromatic rings. The van der Waals surface area contributed by atoms with Crippen molar-refractivity contribution in [2.24, 2.45) is 5.92 Å². The number of nitrogens with zero attached hydrogens (tertiary/aromatic N) is 1. The maximum Gasteiger partial charge on any atom is -0.00248 e. The summed E-state index contributed by atoms with van der Waals surface area (Å²) in [5.41, 5.74) is 0. The van der Waals surface area contributed by atoms with Crippen LogP contribution in [0.25, 0.3) is 0 Å². The molecule has 0 saturated carbocycles. The van der Waals surface area contributed by atoms with E-state index < -0.39 is 0 Å². The topological polar surface area (TPSA) is 3.24 Å². The Balaban J connectivity index is 3.83. The molecule has 1 nitrogen and oxygen atoms in total. The van der Waals surface area contributed by atoms with E-state index in [4.69, 9.17) is 0 Å². The first-order valence-electron chi connectivity index (χ1n) is 19.9. The highest BCUT2D eigenvalue weighted by atomic mass is 15.0. The SMILES string of the molecule is CCCCC/C=C\C/C=C\CCCCCCCCC(CCCCCCCC/C=C\C/C=C\CCCCC)CCCCN(C)C. The standard InChI is InChI=1S/C43H81N/c1-5-7-9-11-13-15-17-19-21-23-25-27-29-31-33-35-39-43(41-37-38-42-44(3)4)40-36-34-32-30-28-26-24-22-20-18-16-14-12-10-8-6-2/h13-16,19-22,43H,5-12,17-18,23-42H2,1-4H3/b15-13-,16-14-,21-19-,22-20-. The maximum absolute atomic E-state index is 2.41. The Kier molecular flexibility index (Phi) is 37.2. The van der Waals surface area contributed by atoms with Crippen LogP contribution in [0.1, 0.15) is 200 Å². The molecule has 0 rings (SSSR count). The van der Waals surface area contributed by atoms with Crippen LogP contribution >= 0.6 is 0 Å². The molecular formula is C43H81N. The lowest BCUT2D eigenvalue weighted by molar-refractivity contribution is 0.344. The summed E-state index contributed by atoms with van der Waals surface area (Å²) in [6.07, 6.45) is 58.8. The summed E-state index contributed by atoms with van der Waals surface area (Å²) < 4.78 is 0. The minimum Gasteiger partial charge on any atom is -0.309 e. The smallest absolute Gasteiger partial charge is 0.00248 e. The molecule has 0 aliphatic heterocycles. The van der Waals surface area contributed by atoms with Gasteiger partial charge < -0.3 is 4.90 Å². The van der Waals surface area contributed by atoms with Gasteiger partial charge in [-0.15, -0.1) is 0 Å². The van der Waals surface area contributed by atoms with Crippen molar-refractivity contribution < 1.29 is 0 Å². The molecule has 0 aliphatic carbocycles. The van der Waals surface area contributed by atoms with Crippen molar-refractivity contribution in [1.82, 2.24) is 4.90 Å². The molecule has 0 aromatic carbocycles. The van der Waals surface area contributed by atoms with Crippen molar-refractivity contribution >= 4 is 0 Å². The van der Waals surface area contributed by atoms with Crippen LogP contribution in [0.2, 0.25) is 0 Å². The third-order valence-corrected chi connectivity index (χ3v) is 9.09. The first-order chi connectivity index (χ1) is 21.7.